The van der Waals surface area contributed by atoms with Gasteiger partial charge in [-0.3, -0.25) is 19.8 Å². The molecule has 0 aliphatic heterocycles. The second kappa shape index (κ2) is 10.0. The number of aliphatic imine (C=N–C) groups is 1. The minimum atomic E-state index is -2.94. The molecule has 0 spiro atoms. The van der Waals surface area contributed by atoms with Gasteiger partial charge in [0, 0.05) is 25.7 Å². The lowest BCUT2D eigenvalue weighted by molar-refractivity contribution is -0.385. The van der Waals surface area contributed by atoms with Crippen molar-refractivity contribution in [2.75, 3.05) is 20.7 Å². The summed E-state index contributed by atoms with van der Waals surface area (Å²) in [6.45, 7) is -2.03. The van der Waals surface area contributed by atoms with Crippen LogP contribution in [0.15, 0.2) is 35.6 Å². The van der Waals surface area contributed by atoms with Gasteiger partial charge < -0.3 is 20.1 Å². The molecule has 1 aromatic carbocycles. The molecule has 0 aliphatic rings. The number of benzene rings is 1. The lowest BCUT2D eigenvalue weighted by Crippen LogP contribution is -2.38. The zero-order chi connectivity index (χ0) is 20.5. The van der Waals surface area contributed by atoms with Crippen molar-refractivity contribution in [1.82, 2.24) is 20.4 Å². The number of hydrogen-bond donors (Lipinski definition) is 2. The summed E-state index contributed by atoms with van der Waals surface area (Å²) in [6, 6.07) is 4.52. The molecule has 0 amide bonds. The maximum atomic E-state index is 12.6. The standard InChI is InChI=1S/C16H20F2N6O4/c1-19-16(20-5-6-23-10-12(9-22-23)24(25)26)21-8-11-7-13(27-2)3-4-14(11)28-15(17)18/h3-4,7,9-10,15H,5-6,8H2,1-2H3,(H2,19,20,21). The van der Waals surface area contributed by atoms with Crippen LogP contribution in [-0.4, -0.2) is 48.0 Å². The first-order valence-corrected chi connectivity index (χ1v) is 8.16. The maximum Gasteiger partial charge on any atom is 0.387 e. The van der Waals surface area contributed by atoms with Gasteiger partial charge in [-0.05, 0) is 18.2 Å². The Labute approximate surface area is 159 Å². The zero-order valence-corrected chi connectivity index (χ0v) is 15.3. The van der Waals surface area contributed by atoms with E-state index in [1.165, 1.54) is 36.3 Å². The predicted molar refractivity (Wildman–Crippen MR) is 96.7 cm³/mol. The molecule has 2 N–H and O–H groups in total. The molecule has 0 atom stereocenters. The van der Waals surface area contributed by atoms with Crippen molar-refractivity contribution in [3.8, 4) is 11.5 Å². The highest BCUT2D eigenvalue weighted by molar-refractivity contribution is 5.79. The van der Waals surface area contributed by atoms with Gasteiger partial charge in [0.2, 0.25) is 0 Å². The van der Waals surface area contributed by atoms with Crippen molar-refractivity contribution < 1.29 is 23.2 Å². The van der Waals surface area contributed by atoms with Gasteiger partial charge in [0.05, 0.1) is 18.6 Å². The molecule has 0 radical (unpaired) electrons. The SMILES string of the molecule is CN=C(NCCn1cc([N+](=O)[O-])cn1)NCc1cc(OC)ccc1OC(F)F. The zero-order valence-electron chi connectivity index (χ0n) is 15.3. The molecule has 0 unspecified atom stereocenters. The summed E-state index contributed by atoms with van der Waals surface area (Å²) in [6.07, 6.45) is 2.49. The third kappa shape index (κ3) is 6.07. The van der Waals surface area contributed by atoms with Gasteiger partial charge in [-0.25, -0.2) is 0 Å². The molecule has 10 nitrogen and oxygen atoms in total. The quantitative estimate of drug-likeness (QED) is 0.286. The lowest BCUT2D eigenvalue weighted by Gasteiger charge is -2.15. The van der Waals surface area contributed by atoms with Crippen LogP contribution in [0.2, 0.25) is 0 Å². The largest absolute Gasteiger partial charge is 0.497 e. The van der Waals surface area contributed by atoms with E-state index in [1.807, 2.05) is 0 Å². The fourth-order valence-electron chi connectivity index (χ4n) is 2.29. The predicted octanol–water partition coefficient (Wildman–Crippen LogP) is 1.77. The van der Waals surface area contributed by atoms with Gasteiger partial charge in [0.1, 0.15) is 23.9 Å². The molecule has 0 saturated carbocycles. The number of ether oxygens (including phenoxy) is 2. The minimum absolute atomic E-state index is 0.0302. The van der Waals surface area contributed by atoms with Crippen molar-refractivity contribution in [3.63, 3.8) is 0 Å². The van der Waals surface area contributed by atoms with Gasteiger partial charge in [-0.2, -0.15) is 13.9 Å². The van der Waals surface area contributed by atoms with Crippen LogP contribution in [0.25, 0.3) is 0 Å². The van der Waals surface area contributed by atoms with E-state index >= 15 is 0 Å². The highest BCUT2D eigenvalue weighted by Gasteiger charge is 2.12. The number of methoxy groups -OCH3 is 1. The smallest absolute Gasteiger partial charge is 0.387 e. The van der Waals surface area contributed by atoms with E-state index in [1.54, 1.807) is 13.1 Å². The molecule has 0 saturated heterocycles. The Bertz CT molecular complexity index is 827. The van der Waals surface area contributed by atoms with E-state index in [-0.39, 0.29) is 18.0 Å². The molecule has 12 heteroatoms. The van der Waals surface area contributed by atoms with Crippen LogP contribution < -0.4 is 20.1 Å². The van der Waals surface area contributed by atoms with Crippen LogP contribution in [0.4, 0.5) is 14.5 Å². The normalized spacial score (nSPS) is 11.4. The van der Waals surface area contributed by atoms with Gasteiger partial charge in [0.15, 0.2) is 5.96 Å². The number of hydrogen-bond acceptors (Lipinski definition) is 6. The number of halogens is 2. The Morgan fingerprint density at radius 2 is 2.21 bits per heavy atom. The summed E-state index contributed by atoms with van der Waals surface area (Å²) in [4.78, 5) is 14.2. The second-order valence-electron chi connectivity index (χ2n) is 5.42. The average molecular weight is 398 g/mol. The number of nitrogens with zero attached hydrogens (tertiary/aromatic N) is 4. The number of alkyl halides is 2. The maximum absolute atomic E-state index is 12.6. The summed E-state index contributed by atoms with van der Waals surface area (Å²) in [5, 5.41) is 20.5. The van der Waals surface area contributed by atoms with Crippen LogP contribution in [0.5, 0.6) is 11.5 Å². The third-order valence-electron chi connectivity index (χ3n) is 3.62. The van der Waals surface area contributed by atoms with Gasteiger partial charge in [-0.1, -0.05) is 0 Å². The molecule has 1 heterocycles. The Morgan fingerprint density at radius 1 is 1.43 bits per heavy atom. The molecule has 0 bridgehead atoms. The first kappa shape index (κ1) is 20.9. The van der Waals surface area contributed by atoms with E-state index in [9.17, 15) is 18.9 Å². The van der Waals surface area contributed by atoms with E-state index in [0.717, 1.165) is 0 Å². The van der Waals surface area contributed by atoms with Crippen LogP contribution in [0, 0.1) is 10.1 Å². The molecule has 0 aliphatic carbocycles. The molecule has 2 aromatic rings. The third-order valence-corrected chi connectivity index (χ3v) is 3.62. The van der Waals surface area contributed by atoms with Crippen molar-refractivity contribution in [3.05, 3.63) is 46.3 Å². The Kier molecular flexibility index (Phi) is 7.48. The van der Waals surface area contributed by atoms with Crippen molar-refractivity contribution in [1.29, 1.82) is 0 Å². The fraction of sp³-hybridized carbons (Fsp3) is 0.375. The molecule has 1 aromatic heterocycles. The summed E-state index contributed by atoms with van der Waals surface area (Å²) in [7, 11) is 3.02. The van der Waals surface area contributed by atoms with Gasteiger partial charge in [0.25, 0.3) is 0 Å². The number of nitro groups is 1. The lowest BCUT2D eigenvalue weighted by atomic mass is 10.2. The van der Waals surface area contributed by atoms with E-state index in [4.69, 9.17) is 4.74 Å². The number of nitrogens with one attached hydrogen (secondary N) is 2. The molecule has 28 heavy (non-hydrogen) atoms. The first-order chi connectivity index (χ1) is 13.4. The van der Waals surface area contributed by atoms with E-state index in [2.05, 4.69) is 25.5 Å². The van der Waals surface area contributed by atoms with Gasteiger partial charge in [-0.15, -0.1) is 0 Å². The number of guanidine groups is 1. The summed E-state index contributed by atoms with van der Waals surface area (Å²) in [5.41, 5.74) is 0.373. The molecule has 2 rings (SSSR count). The molecular weight excluding hydrogens is 378 g/mol. The average Bonchev–Trinajstić information content (AvgIpc) is 3.14. The Morgan fingerprint density at radius 3 is 2.82 bits per heavy atom. The Balaban J connectivity index is 1.91. The number of aromatic nitrogens is 2. The Hall–Kier alpha value is -3.44. The summed E-state index contributed by atoms with van der Waals surface area (Å²) >= 11 is 0. The highest BCUT2D eigenvalue weighted by Crippen LogP contribution is 2.25. The van der Waals surface area contributed by atoms with Crippen molar-refractivity contribution in [2.45, 2.75) is 19.7 Å². The molecule has 0 fully saturated rings. The van der Waals surface area contributed by atoms with E-state index in [0.29, 0.717) is 30.4 Å². The monoisotopic (exact) mass is 398 g/mol. The fourth-order valence-corrected chi connectivity index (χ4v) is 2.29. The minimum Gasteiger partial charge on any atom is -0.497 e. The van der Waals surface area contributed by atoms with Crippen LogP contribution in [0.1, 0.15) is 5.56 Å². The van der Waals surface area contributed by atoms with Crippen LogP contribution in [0.3, 0.4) is 0 Å². The summed E-state index contributed by atoms with van der Waals surface area (Å²) < 4.78 is 36.2. The topological polar surface area (TPSA) is 116 Å². The second-order valence-corrected chi connectivity index (χ2v) is 5.42. The van der Waals surface area contributed by atoms with Crippen LogP contribution >= 0.6 is 0 Å². The summed E-state index contributed by atoms with van der Waals surface area (Å²) in [5.74, 6) is 0.941. The molecular formula is C16H20F2N6O4. The van der Waals surface area contributed by atoms with Gasteiger partial charge >= 0.3 is 12.3 Å². The first-order valence-electron chi connectivity index (χ1n) is 8.16. The van der Waals surface area contributed by atoms with Crippen LogP contribution in [-0.2, 0) is 13.1 Å². The molecule has 152 valence electrons. The highest BCUT2D eigenvalue weighted by atomic mass is 19.3. The van der Waals surface area contributed by atoms with E-state index < -0.39 is 11.5 Å². The van der Waals surface area contributed by atoms with Crippen molar-refractivity contribution in [2.24, 2.45) is 4.99 Å². The number of rotatable bonds is 9. The van der Waals surface area contributed by atoms with Crippen molar-refractivity contribution >= 4 is 11.6 Å².